The van der Waals surface area contributed by atoms with E-state index in [2.05, 4.69) is 45.6 Å². The van der Waals surface area contributed by atoms with Crippen LogP contribution in [0.1, 0.15) is 57.0 Å². The molecule has 4 aromatic rings. The zero-order valence-electron chi connectivity index (χ0n) is 18.4. The van der Waals surface area contributed by atoms with Crippen molar-refractivity contribution in [1.82, 2.24) is 24.3 Å². The van der Waals surface area contributed by atoms with Gasteiger partial charge in [0.15, 0.2) is 5.65 Å². The minimum atomic E-state index is -0.550. The molecule has 1 aliphatic carbocycles. The Labute approximate surface area is 186 Å². The highest BCUT2D eigenvalue weighted by atomic mass is 16.3. The summed E-state index contributed by atoms with van der Waals surface area (Å²) in [6.07, 6.45) is 7.41. The van der Waals surface area contributed by atoms with E-state index in [1.807, 2.05) is 18.5 Å². The van der Waals surface area contributed by atoms with Crippen LogP contribution in [-0.2, 0) is 10.2 Å². The van der Waals surface area contributed by atoms with E-state index in [4.69, 9.17) is 4.98 Å². The summed E-state index contributed by atoms with van der Waals surface area (Å²) < 4.78 is 2.09. The standard InChI is InChI=1S/C25H27N5O2/c1-15(31)29-14-18(32)12-20(29)24-28-22(21-13-27-23-19(30(21)24)8-11-26-23)16-4-6-17(7-5-16)25(2)9-3-10-25/h4-8,11,13,18,20,26,32H,3,9-10,12,14H2,1-2H3. The number of aliphatic hydroxyl groups is 1. The predicted molar refractivity (Wildman–Crippen MR) is 122 cm³/mol. The second-order valence-corrected chi connectivity index (χ2v) is 9.58. The maximum absolute atomic E-state index is 12.3. The quantitative estimate of drug-likeness (QED) is 0.516. The first-order valence-corrected chi connectivity index (χ1v) is 11.4. The van der Waals surface area contributed by atoms with Gasteiger partial charge in [0.05, 0.1) is 35.1 Å². The molecule has 6 rings (SSSR count). The number of nitrogens with one attached hydrogen (secondary N) is 1. The van der Waals surface area contributed by atoms with Crippen LogP contribution in [0.2, 0.25) is 0 Å². The highest BCUT2D eigenvalue weighted by molar-refractivity contribution is 5.84. The molecule has 1 aliphatic heterocycles. The second kappa shape index (κ2) is 6.90. The molecule has 1 amide bonds. The highest BCUT2D eigenvalue weighted by Gasteiger charge is 2.37. The number of rotatable bonds is 3. The van der Waals surface area contributed by atoms with Gasteiger partial charge in [-0.25, -0.2) is 9.97 Å². The Kier molecular flexibility index (Phi) is 4.21. The van der Waals surface area contributed by atoms with Crippen molar-refractivity contribution in [2.24, 2.45) is 0 Å². The number of imidazole rings is 1. The van der Waals surface area contributed by atoms with Crippen LogP contribution in [0.25, 0.3) is 27.9 Å². The van der Waals surface area contributed by atoms with E-state index in [0.717, 1.165) is 33.8 Å². The summed E-state index contributed by atoms with van der Waals surface area (Å²) in [6.45, 7) is 4.22. The van der Waals surface area contributed by atoms with Gasteiger partial charge in [-0.05, 0) is 29.9 Å². The number of aromatic amines is 1. The zero-order valence-corrected chi connectivity index (χ0v) is 18.4. The number of amides is 1. The fourth-order valence-electron chi connectivity index (χ4n) is 5.45. The van der Waals surface area contributed by atoms with Crippen molar-refractivity contribution >= 4 is 22.6 Å². The van der Waals surface area contributed by atoms with E-state index in [-0.39, 0.29) is 11.9 Å². The molecule has 3 aromatic heterocycles. The molecular weight excluding hydrogens is 402 g/mol. The van der Waals surface area contributed by atoms with E-state index in [1.165, 1.54) is 24.8 Å². The van der Waals surface area contributed by atoms with Crippen LogP contribution in [0, 0.1) is 0 Å². The summed E-state index contributed by atoms with van der Waals surface area (Å²) in [5.41, 5.74) is 6.14. The van der Waals surface area contributed by atoms with Gasteiger partial charge in [-0.1, -0.05) is 37.6 Å². The Morgan fingerprint density at radius 3 is 2.66 bits per heavy atom. The van der Waals surface area contributed by atoms with Crippen LogP contribution in [0.15, 0.2) is 42.7 Å². The number of aliphatic hydroxyl groups excluding tert-OH is 1. The van der Waals surface area contributed by atoms with E-state index in [1.54, 1.807) is 11.8 Å². The van der Waals surface area contributed by atoms with Gasteiger partial charge >= 0.3 is 0 Å². The van der Waals surface area contributed by atoms with Crippen LogP contribution in [0.4, 0.5) is 0 Å². The molecule has 2 aliphatic rings. The van der Waals surface area contributed by atoms with Crippen LogP contribution < -0.4 is 0 Å². The average molecular weight is 430 g/mol. The first-order chi connectivity index (χ1) is 15.4. The Bertz CT molecular complexity index is 1330. The molecule has 0 bridgehead atoms. The number of hydrogen-bond acceptors (Lipinski definition) is 4. The monoisotopic (exact) mass is 429 g/mol. The Morgan fingerprint density at radius 2 is 1.97 bits per heavy atom. The number of carbonyl (C=O) groups is 1. The van der Waals surface area contributed by atoms with E-state index in [9.17, 15) is 9.90 Å². The van der Waals surface area contributed by atoms with Crippen LogP contribution in [-0.4, -0.2) is 47.9 Å². The maximum Gasteiger partial charge on any atom is 0.220 e. The summed E-state index contributed by atoms with van der Waals surface area (Å²) in [6, 6.07) is 10.5. The number of aromatic nitrogens is 4. The number of carbonyl (C=O) groups excluding carboxylic acids is 1. The van der Waals surface area contributed by atoms with Crippen LogP contribution in [0.3, 0.4) is 0 Å². The number of likely N-dealkylation sites (tertiary alicyclic amines) is 1. The van der Waals surface area contributed by atoms with E-state index >= 15 is 0 Å². The maximum atomic E-state index is 12.3. The molecule has 1 aromatic carbocycles. The molecule has 2 unspecified atom stereocenters. The third kappa shape index (κ3) is 2.80. The summed E-state index contributed by atoms with van der Waals surface area (Å²) in [5.74, 6) is 0.714. The molecule has 7 nitrogen and oxygen atoms in total. The molecule has 1 saturated carbocycles. The summed E-state index contributed by atoms with van der Waals surface area (Å²) >= 11 is 0. The van der Waals surface area contributed by atoms with Gasteiger partial charge < -0.3 is 15.0 Å². The SMILES string of the molecule is CC(=O)N1CC(O)CC1c1nc(-c2ccc(C3(C)CCC3)cc2)c2cnc3[nH]ccc3n12. The lowest BCUT2D eigenvalue weighted by Gasteiger charge is -2.39. The number of hydrogen-bond donors (Lipinski definition) is 2. The third-order valence-electron chi connectivity index (χ3n) is 7.49. The van der Waals surface area contributed by atoms with Crippen molar-refractivity contribution in [3.8, 4) is 11.3 Å². The largest absolute Gasteiger partial charge is 0.391 e. The molecule has 32 heavy (non-hydrogen) atoms. The van der Waals surface area contributed by atoms with Crippen molar-refractivity contribution < 1.29 is 9.90 Å². The topological polar surface area (TPSA) is 86.5 Å². The van der Waals surface area contributed by atoms with Gasteiger partial charge in [-0.3, -0.25) is 9.20 Å². The lowest BCUT2D eigenvalue weighted by Crippen LogP contribution is -2.30. The predicted octanol–water partition coefficient (Wildman–Crippen LogP) is 3.97. The normalized spacial score (nSPS) is 22.5. The number of nitrogens with zero attached hydrogens (tertiary/aromatic N) is 4. The average Bonchev–Trinajstić information content (AvgIpc) is 3.47. The number of β-amino-alcohol motifs (C(OH)–C–C–N with tert-alkyl or cyclic N) is 1. The Hall–Kier alpha value is -3.19. The molecular formula is C25H27N5O2. The summed E-state index contributed by atoms with van der Waals surface area (Å²) in [5, 5.41) is 10.3. The van der Waals surface area contributed by atoms with Gasteiger partial charge in [0, 0.05) is 31.6 Å². The number of H-pyrrole nitrogens is 1. The van der Waals surface area contributed by atoms with Crippen molar-refractivity contribution in [2.75, 3.05) is 6.54 Å². The lowest BCUT2D eigenvalue weighted by atomic mass is 9.66. The van der Waals surface area contributed by atoms with Crippen LogP contribution >= 0.6 is 0 Å². The molecule has 1 saturated heterocycles. The number of benzene rings is 1. The van der Waals surface area contributed by atoms with Gasteiger partial charge in [0.2, 0.25) is 5.91 Å². The molecule has 4 heterocycles. The Morgan fingerprint density at radius 1 is 1.19 bits per heavy atom. The smallest absolute Gasteiger partial charge is 0.220 e. The molecule has 2 atom stereocenters. The number of fused-ring (bicyclic) bond motifs is 3. The van der Waals surface area contributed by atoms with Gasteiger partial charge in [0.25, 0.3) is 0 Å². The molecule has 7 heteroatoms. The third-order valence-corrected chi connectivity index (χ3v) is 7.49. The summed E-state index contributed by atoms with van der Waals surface area (Å²) in [4.78, 5) is 26.9. The molecule has 0 spiro atoms. The van der Waals surface area contributed by atoms with Crippen molar-refractivity contribution in [2.45, 2.75) is 57.1 Å². The first-order valence-electron chi connectivity index (χ1n) is 11.4. The van der Waals surface area contributed by atoms with Crippen molar-refractivity contribution in [3.05, 3.63) is 54.1 Å². The fourth-order valence-corrected chi connectivity index (χ4v) is 5.45. The molecule has 164 valence electrons. The molecule has 2 fully saturated rings. The lowest BCUT2D eigenvalue weighted by molar-refractivity contribution is -0.130. The van der Waals surface area contributed by atoms with Gasteiger partial charge in [0.1, 0.15) is 5.82 Å². The van der Waals surface area contributed by atoms with Gasteiger partial charge in [-0.2, -0.15) is 0 Å². The van der Waals surface area contributed by atoms with Crippen LogP contribution in [0.5, 0.6) is 0 Å². The van der Waals surface area contributed by atoms with Crippen molar-refractivity contribution in [3.63, 3.8) is 0 Å². The van der Waals surface area contributed by atoms with Crippen molar-refractivity contribution in [1.29, 1.82) is 0 Å². The highest BCUT2D eigenvalue weighted by Crippen LogP contribution is 2.44. The van der Waals surface area contributed by atoms with Gasteiger partial charge in [-0.15, -0.1) is 0 Å². The second-order valence-electron chi connectivity index (χ2n) is 9.58. The molecule has 0 radical (unpaired) electrons. The Balaban J connectivity index is 1.53. The fraction of sp³-hybridized carbons (Fsp3) is 0.400. The minimum Gasteiger partial charge on any atom is -0.391 e. The van der Waals surface area contributed by atoms with E-state index < -0.39 is 6.10 Å². The summed E-state index contributed by atoms with van der Waals surface area (Å²) in [7, 11) is 0. The molecule has 2 N–H and O–H groups in total. The first kappa shape index (κ1) is 19.5. The zero-order chi connectivity index (χ0) is 22.0. The van der Waals surface area contributed by atoms with E-state index in [0.29, 0.717) is 18.4 Å². The minimum absolute atomic E-state index is 0.0534.